The molecule has 1 saturated carbocycles. The molecule has 1 atom stereocenters. The van der Waals surface area contributed by atoms with Gasteiger partial charge in [0.05, 0.1) is 0 Å². The Morgan fingerprint density at radius 2 is 1.77 bits per heavy atom. The van der Waals surface area contributed by atoms with E-state index in [2.05, 4.69) is 23.8 Å². The minimum absolute atomic E-state index is 0.137. The van der Waals surface area contributed by atoms with Crippen molar-refractivity contribution < 1.29 is 4.39 Å². The van der Waals surface area contributed by atoms with E-state index in [1.807, 2.05) is 12.1 Å². The van der Waals surface area contributed by atoms with Crippen LogP contribution < -0.4 is 4.90 Å². The van der Waals surface area contributed by atoms with Crippen molar-refractivity contribution in [2.24, 2.45) is 11.8 Å². The van der Waals surface area contributed by atoms with Crippen molar-refractivity contribution in [3.05, 3.63) is 30.1 Å². The standard InChI is InChI=1S/C19H29FN2/c1-15-3-7-18(8-4-15)22(14-16-11-12-21(2)13-16)19-9-5-17(20)6-10-19/h5-6,9-10,15-16,18H,3-4,7-8,11-14H2,1-2H3/t15?,16-,18?/m1/s1. The summed E-state index contributed by atoms with van der Waals surface area (Å²) < 4.78 is 13.3. The van der Waals surface area contributed by atoms with Gasteiger partial charge in [-0.05, 0) is 81.8 Å². The number of hydrogen-bond acceptors (Lipinski definition) is 2. The average molecular weight is 304 g/mol. The molecule has 22 heavy (non-hydrogen) atoms. The van der Waals surface area contributed by atoms with Gasteiger partial charge in [0.15, 0.2) is 0 Å². The van der Waals surface area contributed by atoms with Gasteiger partial charge in [-0.2, -0.15) is 0 Å². The molecule has 122 valence electrons. The third kappa shape index (κ3) is 3.81. The van der Waals surface area contributed by atoms with Crippen LogP contribution in [-0.4, -0.2) is 37.6 Å². The zero-order chi connectivity index (χ0) is 15.5. The fraction of sp³-hybridized carbons (Fsp3) is 0.684. The summed E-state index contributed by atoms with van der Waals surface area (Å²) in [5, 5.41) is 0. The van der Waals surface area contributed by atoms with Gasteiger partial charge in [-0.15, -0.1) is 0 Å². The highest BCUT2D eigenvalue weighted by Gasteiger charge is 2.28. The molecule has 3 rings (SSSR count). The Labute approximate surface area is 134 Å². The average Bonchev–Trinajstić information content (AvgIpc) is 2.92. The molecular weight excluding hydrogens is 275 g/mol. The molecule has 0 spiro atoms. The topological polar surface area (TPSA) is 6.48 Å². The molecule has 1 aromatic rings. The Bertz CT molecular complexity index is 465. The normalized spacial score (nSPS) is 29.7. The lowest BCUT2D eigenvalue weighted by atomic mass is 9.86. The summed E-state index contributed by atoms with van der Waals surface area (Å²) in [6.45, 7) is 5.89. The van der Waals surface area contributed by atoms with Gasteiger partial charge in [0.1, 0.15) is 5.82 Å². The van der Waals surface area contributed by atoms with E-state index in [1.54, 1.807) is 12.1 Å². The minimum atomic E-state index is -0.137. The first-order chi connectivity index (χ1) is 10.6. The lowest BCUT2D eigenvalue weighted by Crippen LogP contribution is -2.41. The number of nitrogens with zero attached hydrogens (tertiary/aromatic N) is 2. The molecule has 1 saturated heterocycles. The predicted molar refractivity (Wildman–Crippen MR) is 90.8 cm³/mol. The summed E-state index contributed by atoms with van der Waals surface area (Å²) in [7, 11) is 2.21. The summed E-state index contributed by atoms with van der Waals surface area (Å²) in [5.41, 5.74) is 1.20. The van der Waals surface area contributed by atoms with Crippen LogP contribution in [0.3, 0.4) is 0 Å². The van der Waals surface area contributed by atoms with E-state index in [-0.39, 0.29) is 5.82 Å². The molecule has 0 N–H and O–H groups in total. The highest BCUT2D eigenvalue weighted by Crippen LogP contribution is 2.32. The van der Waals surface area contributed by atoms with Gasteiger partial charge >= 0.3 is 0 Å². The van der Waals surface area contributed by atoms with Crippen LogP contribution in [0.2, 0.25) is 0 Å². The van der Waals surface area contributed by atoms with Crippen molar-refractivity contribution in [3.8, 4) is 0 Å². The summed E-state index contributed by atoms with van der Waals surface area (Å²) >= 11 is 0. The Morgan fingerprint density at radius 3 is 2.36 bits per heavy atom. The maximum absolute atomic E-state index is 13.3. The third-order valence-corrected chi connectivity index (χ3v) is 5.53. The predicted octanol–water partition coefficient (Wildman–Crippen LogP) is 4.16. The second-order valence-corrected chi connectivity index (χ2v) is 7.46. The molecule has 2 nitrogen and oxygen atoms in total. The highest BCUT2D eigenvalue weighted by atomic mass is 19.1. The number of hydrogen-bond donors (Lipinski definition) is 0. The summed E-state index contributed by atoms with van der Waals surface area (Å²) in [6.07, 6.45) is 6.50. The highest BCUT2D eigenvalue weighted by molar-refractivity contribution is 5.47. The van der Waals surface area contributed by atoms with Crippen LogP contribution in [0.25, 0.3) is 0 Å². The van der Waals surface area contributed by atoms with E-state index in [4.69, 9.17) is 0 Å². The van der Waals surface area contributed by atoms with Gasteiger partial charge in [0.25, 0.3) is 0 Å². The van der Waals surface area contributed by atoms with Gasteiger partial charge in [-0.1, -0.05) is 6.92 Å². The first kappa shape index (κ1) is 15.8. The monoisotopic (exact) mass is 304 g/mol. The van der Waals surface area contributed by atoms with Crippen LogP contribution in [0.4, 0.5) is 10.1 Å². The van der Waals surface area contributed by atoms with Gasteiger partial charge in [0.2, 0.25) is 0 Å². The van der Waals surface area contributed by atoms with E-state index < -0.39 is 0 Å². The van der Waals surface area contributed by atoms with E-state index >= 15 is 0 Å². The fourth-order valence-corrected chi connectivity index (χ4v) is 4.11. The van der Waals surface area contributed by atoms with Crippen LogP contribution in [0, 0.1) is 17.7 Å². The molecule has 1 aliphatic carbocycles. The van der Waals surface area contributed by atoms with Crippen molar-refractivity contribution in [1.82, 2.24) is 4.90 Å². The Kier molecular flexibility index (Phi) is 5.02. The van der Waals surface area contributed by atoms with E-state index in [1.165, 1.54) is 50.9 Å². The molecule has 1 aromatic carbocycles. The molecule has 0 unspecified atom stereocenters. The number of anilines is 1. The molecule has 1 aliphatic heterocycles. The van der Waals surface area contributed by atoms with Crippen LogP contribution >= 0.6 is 0 Å². The van der Waals surface area contributed by atoms with Crippen molar-refractivity contribution in [1.29, 1.82) is 0 Å². The SMILES string of the molecule is CC1CCC(N(C[C@@H]2CCN(C)C2)c2ccc(F)cc2)CC1. The van der Waals surface area contributed by atoms with Gasteiger partial charge in [0, 0.05) is 24.8 Å². The van der Waals surface area contributed by atoms with Crippen molar-refractivity contribution in [2.75, 3.05) is 31.6 Å². The van der Waals surface area contributed by atoms with Gasteiger partial charge < -0.3 is 9.80 Å². The summed E-state index contributed by atoms with van der Waals surface area (Å²) in [4.78, 5) is 5.01. The smallest absolute Gasteiger partial charge is 0.123 e. The molecule has 3 heteroatoms. The number of likely N-dealkylation sites (tertiary alicyclic amines) is 1. The zero-order valence-electron chi connectivity index (χ0n) is 14.0. The molecule has 2 fully saturated rings. The number of rotatable bonds is 4. The quantitative estimate of drug-likeness (QED) is 0.824. The van der Waals surface area contributed by atoms with Crippen LogP contribution in [0.15, 0.2) is 24.3 Å². The van der Waals surface area contributed by atoms with Gasteiger partial charge in [-0.25, -0.2) is 4.39 Å². The fourth-order valence-electron chi connectivity index (χ4n) is 4.11. The van der Waals surface area contributed by atoms with Crippen molar-refractivity contribution in [3.63, 3.8) is 0 Å². The molecule has 0 aromatic heterocycles. The molecule has 1 heterocycles. The molecule has 0 bridgehead atoms. The second kappa shape index (κ2) is 6.99. The Balaban J connectivity index is 1.74. The van der Waals surface area contributed by atoms with E-state index in [0.29, 0.717) is 6.04 Å². The first-order valence-corrected chi connectivity index (χ1v) is 8.82. The maximum atomic E-state index is 13.3. The van der Waals surface area contributed by atoms with Crippen LogP contribution in [0.5, 0.6) is 0 Å². The largest absolute Gasteiger partial charge is 0.368 e. The lowest BCUT2D eigenvalue weighted by Gasteiger charge is -2.39. The summed E-state index contributed by atoms with van der Waals surface area (Å²) in [5.74, 6) is 1.47. The maximum Gasteiger partial charge on any atom is 0.123 e. The molecule has 2 aliphatic rings. The zero-order valence-corrected chi connectivity index (χ0v) is 14.0. The first-order valence-electron chi connectivity index (χ1n) is 8.82. The molecule has 0 radical (unpaired) electrons. The molecular formula is C19H29FN2. The number of benzene rings is 1. The van der Waals surface area contributed by atoms with E-state index in [0.717, 1.165) is 18.4 Å². The summed E-state index contributed by atoms with van der Waals surface area (Å²) in [6, 6.07) is 7.77. The van der Waals surface area contributed by atoms with Crippen LogP contribution in [-0.2, 0) is 0 Å². The minimum Gasteiger partial charge on any atom is -0.368 e. The second-order valence-electron chi connectivity index (χ2n) is 7.46. The van der Waals surface area contributed by atoms with Crippen LogP contribution in [0.1, 0.15) is 39.0 Å². The lowest BCUT2D eigenvalue weighted by molar-refractivity contribution is 0.322. The van der Waals surface area contributed by atoms with Crippen molar-refractivity contribution >= 4 is 5.69 Å². The van der Waals surface area contributed by atoms with E-state index in [9.17, 15) is 4.39 Å². The van der Waals surface area contributed by atoms with Crippen molar-refractivity contribution in [2.45, 2.75) is 45.1 Å². The third-order valence-electron chi connectivity index (χ3n) is 5.53. The number of halogens is 1. The Morgan fingerprint density at radius 1 is 1.09 bits per heavy atom. The Hall–Kier alpha value is -1.09. The van der Waals surface area contributed by atoms with Gasteiger partial charge in [-0.3, -0.25) is 0 Å². The molecule has 0 amide bonds.